The van der Waals surface area contributed by atoms with Crippen LogP contribution in [0.15, 0.2) is 42.0 Å². The average Bonchev–Trinajstić information content (AvgIpc) is 2.33. The van der Waals surface area contributed by atoms with Crippen molar-refractivity contribution < 1.29 is 5.11 Å². The van der Waals surface area contributed by atoms with Gasteiger partial charge in [0.15, 0.2) is 0 Å². The molecule has 1 aliphatic carbocycles. The lowest BCUT2D eigenvalue weighted by Crippen LogP contribution is -2.14. The van der Waals surface area contributed by atoms with Crippen LogP contribution < -0.4 is 0 Å². The highest BCUT2D eigenvalue weighted by Crippen LogP contribution is 2.24. The SMILES string of the molecule is OC1CCCC/C1=C\CCc1ccccc1. The standard InChI is InChI=1S/C15H20O/c16-15-12-5-4-10-14(15)11-6-9-13-7-2-1-3-8-13/h1-3,7-8,11,15-16H,4-6,9-10,12H2/b14-11+. The Morgan fingerprint density at radius 2 is 2.00 bits per heavy atom. The highest BCUT2D eigenvalue weighted by molar-refractivity contribution is 5.17. The van der Waals surface area contributed by atoms with Crippen molar-refractivity contribution in [2.75, 3.05) is 0 Å². The molecule has 1 nitrogen and oxygen atoms in total. The van der Waals surface area contributed by atoms with Gasteiger partial charge in [-0.25, -0.2) is 0 Å². The number of aryl methyl sites for hydroxylation is 1. The van der Waals surface area contributed by atoms with Crippen LogP contribution in [-0.2, 0) is 6.42 Å². The Labute approximate surface area is 97.8 Å². The molecule has 2 rings (SSSR count). The van der Waals surface area contributed by atoms with Crippen LogP contribution in [0.1, 0.15) is 37.7 Å². The predicted molar refractivity (Wildman–Crippen MR) is 67.3 cm³/mol. The largest absolute Gasteiger partial charge is 0.389 e. The van der Waals surface area contributed by atoms with Gasteiger partial charge in [0.05, 0.1) is 6.10 Å². The maximum absolute atomic E-state index is 9.80. The van der Waals surface area contributed by atoms with Gasteiger partial charge in [0, 0.05) is 0 Å². The maximum atomic E-state index is 9.80. The molecule has 1 aliphatic rings. The van der Waals surface area contributed by atoms with E-state index in [1.807, 2.05) is 6.07 Å². The van der Waals surface area contributed by atoms with Crippen LogP contribution in [0.5, 0.6) is 0 Å². The summed E-state index contributed by atoms with van der Waals surface area (Å²) < 4.78 is 0. The van der Waals surface area contributed by atoms with E-state index >= 15 is 0 Å². The van der Waals surface area contributed by atoms with Crippen LogP contribution in [0.2, 0.25) is 0 Å². The number of rotatable bonds is 3. The van der Waals surface area contributed by atoms with E-state index in [2.05, 4.69) is 30.3 Å². The summed E-state index contributed by atoms with van der Waals surface area (Å²) in [5.41, 5.74) is 2.65. The summed E-state index contributed by atoms with van der Waals surface area (Å²) in [7, 11) is 0. The molecule has 0 amide bonds. The molecule has 0 radical (unpaired) electrons. The normalized spacial score (nSPS) is 23.6. The van der Waals surface area contributed by atoms with E-state index in [4.69, 9.17) is 0 Å². The van der Waals surface area contributed by atoms with Crippen LogP contribution in [0.25, 0.3) is 0 Å². The van der Waals surface area contributed by atoms with E-state index in [0.29, 0.717) is 0 Å². The smallest absolute Gasteiger partial charge is 0.0750 e. The molecule has 1 fully saturated rings. The topological polar surface area (TPSA) is 20.2 Å². The van der Waals surface area contributed by atoms with Gasteiger partial charge in [-0.3, -0.25) is 0 Å². The van der Waals surface area contributed by atoms with Crippen molar-refractivity contribution >= 4 is 0 Å². The average molecular weight is 216 g/mol. The molecule has 16 heavy (non-hydrogen) atoms. The van der Waals surface area contributed by atoms with Crippen molar-refractivity contribution in [1.82, 2.24) is 0 Å². The Morgan fingerprint density at radius 3 is 2.75 bits per heavy atom. The molecule has 1 atom stereocenters. The molecule has 1 N–H and O–H groups in total. The first-order chi connectivity index (χ1) is 7.86. The Balaban J connectivity index is 1.84. The van der Waals surface area contributed by atoms with Gasteiger partial charge in [-0.2, -0.15) is 0 Å². The molecule has 86 valence electrons. The molecule has 1 aromatic carbocycles. The zero-order valence-corrected chi connectivity index (χ0v) is 9.73. The summed E-state index contributed by atoms with van der Waals surface area (Å²) in [5.74, 6) is 0. The van der Waals surface area contributed by atoms with E-state index in [-0.39, 0.29) is 6.10 Å². The van der Waals surface area contributed by atoms with Crippen molar-refractivity contribution in [3.05, 3.63) is 47.5 Å². The van der Waals surface area contributed by atoms with Crippen LogP contribution in [-0.4, -0.2) is 11.2 Å². The zero-order chi connectivity index (χ0) is 11.2. The summed E-state index contributed by atoms with van der Waals surface area (Å²) in [6, 6.07) is 10.5. The van der Waals surface area contributed by atoms with Gasteiger partial charge in [0.1, 0.15) is 0 Å². The third kappa shape index (κ3) is 3.21. The number of hydrogen-bond donors (Lipinski definition) is 1. The highest BCUT2D eigenvalue weighted by Gasteiger charge is 2.14. The lowest BCUT2D eigenvalue weighted by molar-refractivity contribution is 0.178. The van der Waals surface area contributed by atoms with E-state index in [0.717, 1.165) is 25.7 Å². The first-order valence-corrected chi connectivity index (χ1v) is 6.27. The van der Waals surface area contributed by atoms with Gasteiger partial charge < -0.3 is 5.11 Å². The Kier molecular flexibility index (Phi) is 4.17. The molecule has 1 saturated carbocycles. The molecule has 0 aromatic heterocycles. The molecule has 0 heterocycles. The highest BCUT2D eigenvalue weighted by atomic mass is 16.3. The van der Waals surface area contributed by atoms with E-state index in [1.165, 1.54) is 24.0 Å². The molecule has 0 aliphatic heterocycles. The Hall–Kier alpha value is -1.08. The number of aliphatic hydroxyl groups is 1. The lowest BCUT2D eigenvalue weighted by atomic mass is 9.91. The Bertz CT molecular complexity index is 340. The van der Waals surface area contributed by atoms with Gasteiger partial charge >= 0.3 is 0 Å². The van der Waals surface area contributed by atoms with Crippen molar-refractivity contribution in [3.8, 4) is 0 Å². The van der Waals surface area contributed by atoms with E-state index in [1.54, 1.807) is 0 Å². The van der Waals surface area contributed by atoms with Gasteiger partial charge in [-0.1, -0.05) is 42.8 Å². The fourth-order valence-electron chi connectivity index (χ4n) is 2.33. The molecule has 0 bridgehead atoms. The summed E-state index contributed by atoms with van der Waals surface area (Å²) in [6.45, 7) is 0. The quantitative estimate of drug-likeness (QED) is 0.767. The van der Waals surface area contributed by atoms with Gasteiger partial charge in [0.2, 0.25) is 0 Å². The molecule has 1 aromatic rings. The van der Waals surface area contributed by atoms with Crippen molar-refractivity contribution in [2.45, 2.75) is 44.6 Å². The van der Waals surface area contributed by atoms with Crippen LogP contribution in [0.3, 0.4) is 0 Å². The summed E-state index contributed by atoms with van der Waals surface area (Å²) in [5, 5.41) is 9.80. The molecule has 0 saturated heterocycles. The minimum Gasteiger partial charge on any atom is -0.389 e. The number of allylic oxidation sites excluding steroid dienone is 1. The van der Waals surface area contributed by atoms with E-state index in [9.17, 15) is 5.11 Å². The number of aliphatic hydroxyl groups excluding tert-OH is 1. The minimum absolute atomic E-state index is 0.162. The second-order valence-corrected chi connectivity index (χ2v) is 4.56. The third-order valence-corrected chi connectivity index (χ3v) is 3.30. The summed E-state index contributed by atoms with van der Waals surface area (Å²) in [6.07, 6.45) is 8.69. The van der Waals surface area contributed by atoms with E-state index < -0.39 is 0 Å². The van der Waals surface area contributed by atoms with Crippen molar-refractivity contribution in [2.24, 2.45) is 0 Å². The number of hydrogen-bond acceptors (Lipinski definition) is 1. The minimum atomic E-state index is -0.162. The summed E-state index contributed by atoms with van der Waals surface area (Å²) in [4.78, 5) is 0. The van der Waals surface area contributed by atoms with Gasteiger partial charge in [-0.05, 0) is 43.2 Å². The second-order valence-electron chi connectivity index (χ2n) is 4.56. The third-order valence-electron chi connectivity index (χ3n) is 3.30. The maximum Gasteiger partial charge on any atom is 0.0750 e. The van der Waals surface area contributed by atoms with Crippen LogP contribution in [0, 0.1) is 0 Å². The molecule has 1 unspecified atom stereocenters. The van der Waals surface area contributed by atoms with Crippen molar-refractivity contribution in [3.63, 3.8) is 0 Å². The predicted octanol–water partition coefficient (Wildman–Crippen LogP) is 3.48. The van der Waals surface area contributed by atoms with Crippen molar-refractivity contribution in [1.29, 1.82) is 0 Å². The van der Waals surface area contributed by atoms with Crippen LogP contribution in [0.4, 0.5) is 0 Å². The number of benzene rings is 1. The lowest BCUT2D eigenvalue weighted by Gasteiger charge is -2.20. The van der Waals surface area contributed by atoms with Gasteiger partial charge in [0.25, 0.3) is 0 Å². The molecular weight excluding hydrogens is 196 g/mol. The monoisotopic (exact) mass is 216 g/mol. The van der Waals surface area contributed by atoms with Gasteiger partial charge in [-0.15, -0.1) is 0 Å². The zero-order valence-electron chi connectivity index (χ0n) is 9.73. The fourth-order valence-corrected chi connectivity index (χ4v) is 2.33. The molecule has 1 heteroatoms. The first kappa shape index (κ1) is 11.4. The molecular formula is C15H20O. The van der Waals surface area contributed by atoms with Crippen LogP contribution >= 0.6 is 0 Å². The second kappa shape index (κ2) is 5.86. The summed E-state index contributed by atoms with van der Waals surface area (Å²) >= 11 is 0. The Morgan fingerprint density at radius 1 is 1.19 bits per heavy atom. The first-order valence-electron chi connectivity index (χ1n) is 6.27. The molecule has 0 spiro atoms. The fraction of sp³-hybridized carbons (Fsp3) is 0.467.